The minimum absolute atomic E-state index is 0.0181. The molecule has 0 saturated carbocycles. The molecule has 10 nitrogen and oxygen atoms in total. The summed E-state index contributed by atoms with van der Waals surface area (Å²) in [6.07, 6.45) is 1.32. The number of carbonyl (C=O) groups is 3. The third-order valence-electron chi connectivity index (χ3n) is 5.85. The van der Waals surface area contributed by atoms with E-state index in [-0.39, 0.29) is 41.0 Å². The van der Waals surface area contributed by atoms with Crippen LogP contribution in [0.3, 0.4) is 0 Å². The van der Waals surface area contributed by atoms with Crippen LogP contribution in [0.2, 0.25) is 5.02 Å². The molecule has 1 heterocycles. The van der Waals surface area contributed by atoms with Crippen LogP contribution in [-0.2, 0) is 16.2 Å². The molecule has 3 aromatic carbocycles. The molecule has 0 radical (unpaired) electrons. The first kappa shape index (κ1) is 27.3. The number of barbiturate groups is 1. The van der Waals surface area contributed by atoms with E-state index in [0.717, 1.165) is 10.5 Å². The van der Waals surface area contributed by atoms with E-state index in [1.54, 1.807) is 44.2 Å². The van der Waals surface area contributed by atoms with Gasteiger partial charge in [-0.2, -0.15) is 0 Å². The van der Waals surface area contributed by atoms with Gasteiger partial charge in [-0.25, -0.2) is 9.69 Å². The third kappa shape index (κ3) is 5.91. The number of halogens is 1. The molecule has 39 heavy (non-hydrogen) atoms. The molecule has 1 aliphatic heterocycles. The predicted octanol–water partition coefficient (Wildman–Crippen LogP) is 5.51. The van der Waals surface area contributed by atoms with E-state index in [9.17, 15) is 24.5 Å². The lowest BCUT2D eigenvalue weighted by Gasteiger charge is -2.28. The van der Waals surface area contributed by atoms with Crippen LogP contribution in [0.5, 0.6) is 11.5 Å². The SMILES string of the molecule is CCOc1cc(/C=C2\C(=O)NC(=O)N(c3cc(C)ccc3C)C2=O)cc(Cl)c1OCc1cccc([N+](=O)[O-])c1. The molecule has 1 fully saturated rings. The number of rotatable bonds is 8. The number of benzene rings is 3. The number of nitro benzene ring substituents is 1. The fraction of sp³-hybridized carbons (Fsp3) is 0.179. The van der Waals surface area contributed by atoms with Gasteiger partial charge in [-0.15, -0.1) is 0 Å². The van der Waals surface area contributed by atoms with Crippen molar-refractivity contribution in [1.82, 2.24) is 5.32 Å². The zero-order valence-electron chi connectivity index (χ0n) is 21.3. The zero-order valence-corrected chi connectivity index (χ0v) is 22.1. The number of aryl methyl sites for hydroxylation is 2. The maximum atomic E-state index is 13.4. The highest BCUT2D eigenvalue weighted by Crippen LogP contribution is 2.38. The van der Waals surface area contributed by atoms with E-state index in [2.05, 4.69) is 5.32 Å². The molecule has 3 aromatic rings. The zero-order chi connectivity index (χ0) is 28.3. The molecule has 1 saturated heterocycles. The highest BCUT2D eigenvalue weighted by atomic mass is 35.5. The molecular weight excluding hydrogens is 526 g/mol. The van der Waals surface area contributed by atoms with Crippen LogP contribution < -0.4 is 19.7 Å². The van der Waals surface area contributed by atoms with Gasteiger partial charge in [0.2, 0.25) is 0 Å². The molecule has 0 bridgehead atoms. The lowest BCUT2D eigenvalue weighted by atomic mass is 10.0. The Kier molecular flexibility index (Phi) is 7.96. The minimum atomic E-state index is -0.841. The van der Waals surface area contributed by atoms with Gasteiger partial charge in [0.05, 0.1) is 22.2 Å². The van der Waals surface area contributed by atoms with Gasteiger partial charge < -0.3 is 9.47 Å². The van der Waals surface area contributed by atoms with E-state index in [0.29, 0.717) is 22.4 Å². The van der Waals surface area contributed by atoms with Gasteiger partial charge >= 0.3 is 6.03 Å². The van der Waals surface area contributed by atoms with E-state index in [1.807, 2.05) is 13.0 Å². The first-order chi connectivity index (χ1) is 18.6. The molecule has 0 atom stereocenters. The van der Waals surface area contributed by atoms with Gasteiger partial charge in [0.25, 0.3) is 17.5 Å². The summed E-state index contributed by atoms with van der Waals surface area (Å²) in [5.41, 5.74) is 2.47. The van der Waals surface area contributed by atoms with Gasteiger partial charge in [0.1, 0.15) is 12.2 Å². The van der Waals surface area contributed by atoms with Crippen LogP contribution in [0.1, 0.15) is 29.2 Å². The molecule has 1 aliphatic rings. The number of hydrogen-bond acceptors (Lipinski definition) is 7. The maximum absolute atomic E-state index is 13.4. The Morgan fingerprint density at radius 3 is 2.54 bits per heavy atom. The molecule has 4 amide bonds. The van der Waals surface area contributed by atoms with E-state index in [1.165, 1.54) is 24.3 Å². The number of urea groups is 1. The third-order valence-corrected chi connectivity index (χ3v) is 6.14. The van der Waals surface area contributed by atoms with Crippen LogP contribution in [0.15, 0.2) is 60.2 Å². The number of carbonyl (C=O) groups excluding carboxylic acids is 3. The van der Waals surface area contributed by atoms with Crippen molar-refractivity contribution >= 4 is 46.9 Å². The topological polar surface area (TPSA) is 128 Å². The Hall–Kier alpha value is -4.70. The number of hydrogen-bond donors (Lipinski definition) is 1. The van der Waals surface area contributed by atoms with E-state index >= 15 is 0 Å². The predicted molar refractivity (Wildman–Crippen MR) is 145 cm³/mol. The van der Waals surface area contributed by atoms with Crippen molar-refractivity contribution in [2.75, 3.05) is 11.5 Å². The maximum Gasteiger partial charge on any atom is 0.335 e. The highest BCUT2D eigenvalue weighted by Gasteiger charge is 2.37. The van der Waals surface area contributed by atoms with Gasteiger partial charge in [-0.3, -0.25) is 25.0 Å². The summed E-state index contributed by atoms with van der Waals surface area (Å²) in [4.78, 5) is 50.1. The molecule has 11 heteroatoms. The quantitative estimate of drug-likeness (QED) is 0.170. The van der Waals surface area contributed by atoms with Gasteiger partial charge in [0, 0.05) is 12.1 Å². The molecule has 1 N–H and O–H groups in total. The van der Waals surface area contributed by atoms with Gasteiger partial charge in [-0.05, 0) is 67.3 Å². The molecule has 200 valence electrons. The van der Waals surface area contributed by atoms with Crippen LogP contribution >= 0.6 is 11.6 Å². The first-order valence-corrected chi connectivity index (χ1v) is 12.3. The number of non-ortho nitro benzene ring substituents is 1. The van der Waals surface area contributed by atoms with Crippen LogP contribution in [-0.4, -0.2) is 29.4 Å². The largest absolute Gasteiger partial charge is 0.490 e. The second-order valence-corrected chi connectivity index (χ2v) is 9.13. The lowest BCUT2D eigenvalue weighted by molar-refractivity contribution is -0.384. The summed E-state index contributed by atoms with van der Waals surface area (Å²) in [6.45, 7) is 5.59. The average molecular weight is 550 g/mol. The first-order valence-electron chi connectivity index (χ1n) is 11.9. The fourth-order valence-corrected chi connectivity index (χ4v) is 4.27. The van der Waals surface area contributed by atoms with Crippen LogP contribution in [0.4, 0.5) is 16.2 Å². The van der Waals surface area contributed by atoms with Crippen molar-refractivity contribution in [1.29, 1.82) is 0 Å². The number of nitrogens with one attached hydrogen (secondary N) is 1. The lowest BCUT2D eigenvalue weighted by Crippen LogP contribution is -2.54. The smallest absolute Gasteiger partial charge is 0.335 e. The Labute approximate surface area is 228 Å². The number of nitrogens with zero attached hydrogens (tertiary/aromatic N) is 2. The van der Waals surface area contributed by atoms with E-state index < -0.39 is 22.8 Å². The van der Waals surface area contributed by atoms with Crippen molar-refractivity contribution in [2.24, 2.45) is 0 Å². The van der Waals surface area contributed by atoms with Crippen LogP contribution in [0, 0.1) is 24.0 Å². The monoisotopic (exact) mass is 549 g/mol. The number of anilines is 1. The number of imide groups is 2. The molecule has 0 unspecified atom stereocenters. The van der Waals surface area contributed by atoms with Crippen molar-refractivity contribution in [3.63, 3.8) is 0 Å². The standard InChI is InChI=1S/C28H24ClN3O7/c1-4-38-24-14-19(13-22(29)25(24)39-15-18-6-5-7-20(11-18)32(36)37)12-21-26(33)30-28(35)31(27(21)34)23-10-16(2)8-9-17(23)3/h5-14H,4,15H2,1-3H3,(H,30,33,35)/b21-12+. The molecular formula is C28H24ClN3O7. The molecule has 0 aromatic heterocycles. The van der Waals surface area contributed by atoms with Crippen LogP contribution in [0.25, 0.3) is 6.08 Å². The Morgan fingerprint density at radius 2 is 1.82 bits per heavy atom. The van der Waals surface area contributed by atoms with Gasteiger partial charge in [0.15, 0.2) is 11.5 Å². The average Bonchev–Trinajstić information content (AvgIpc) is 2.88. The Balaban J connectivity index is 1.67. The normalized spacial score (nSPS) is 14.4. The second kappa shape index (κ2) is 11.4. The van der Waals surface area contributed by atoms with Crippen molar-refractivity contribution < 1.29 is 28.8 Å². The summed E-state index contributed by atoms with van der Waals surface area (Å²) in [5, 5.41) is 13.4. The summed E-state index contributed by atoms with van der Waals surface area (Å²) in [6, 6.07) is 13.5. The molecule has 0 spiro atoms. The summed E-state index contributed by atoms with van der Waals surface area (Å²) >= 11 is 6.50. The molecule has 4 rings (SSSR count). The number of nitro groups is 1. The van der Waals surface area contributed by atoms with E-state index in [4.69, 9.17) is 21.1 Å². The number of ether oxygens (including phenoxy) is 2. The van der Waals surface area contributed by atoms with Crippen molar-refractivity contribution in [3.8, 4) is 11.5 Å². The van der Waals surface area contributed by atoms with Gasteiger partial charge in [-0.1, -0.05) is 35.9 Å². The second-order valence-electron chi connectivity index (χ2n) is 8.73. The Bertz CT molecular complexity index is 1530. The highest BCUT2D eigenvalue weighted by molar-refractivity contribution is 6.39. The minimum Gasteiger partial charge on any atom is -0.490 e. The van der Waals surface area contributed by atoms with Crippen molar-refractivity contribution in [2.45, 2.75) is 27.4 Å². The summed E-state index contributed by atoms with van der Waals surface area (Å²) in [7, 11) is 0. The summed E-state index contributed by atoms with van der Waals surface area (Å²) < 4.78 is 11.5. The summed E-state index contributed by atoms with van der Waals surface area (Å²) in [5.74, 6) is -1.18. The van der Waals surface area contributed by atoms with Crippen molar-refractivity contribution in [3.05, 3.63) is 97.6 Å². The number of amides is 4. The fourth-order valence-electron chi connectivity index (χ4n) is 3.99. The molecule has 0 aliphatic carbocycles. The Morgan fingerprint density at radius 1 is 1.05 bits per heavy atom.